The Morgan fingerprint density at radius 3 is 2.55 bits per heavy atom. The highest BCUT2D eigenvalue weighted by atomic mass is 19.1. The van der Waals surface area contributed by atoms with Gasteiger partial charge in [0.25, 0.3) is 5.91 Å². The van der Waals surface area contributed by atoms with Crippen LogP contribution in [0.5, 0.6) is 11.5 Å². The third kappa shape index (κ3) is 4.48. The molecule has 5 heteroatoms. The first kappa shape index (κ1) is 15.8. The van der Waals surface area contributed by atoms with Crippen molar-refractivity contribution in [3.8, 4) is 11.5 Å². The summed E-state index contributed by atoms with van der Waals surface area (Å²) in [6.45, 7) is 1.73. The van der Waals surface area contributed by atoms with Crippen LogP contribution in [-0.4, -0.2) is 19.6 Å². The zero-order valence-electron chi connectivity index (χ0n) is 12.5. The molecular weight excluding hydrogens is 285 g/mol. The van der Waals surface area contributed by atoms with Crippen molar-refractivity contribution in [1.82, 2.24) is 5.32 Å². The second-order valence-electron chi connectivity index (χ2n) is 4.81. The fourth-order valence-corrected chi connectivity index (χ4v) is 1.96. The van der Waals surface area contributed by atoms with Gasteiger partial charge in [-0.25, -0.2) is 4.39 Å². The van der Waals surface area contributed by atoms with Crippen LogP contribution in [0.15, 0.2) is 48.5 Å². The smallest absolute Gasteiger partial charge is 0.258 e. The van der Waals surface area contributed by atoms with Gasteiger partial charge in [-0.1, -0.05) is 18.2 Å². The Morgan fingerprint density at radius 1 is 1.18 bits per heavy atom. The highest BCUT2D eigenvalue weighted by molar-refractivity contribution is 5.78. The predicted molar refractivity (Wildman–Crippen MR) is 81.4 cm³/mol. The fraction of sp³-hybridized carbons (Fsp3) is 0.235. The molecule has 0 heterocycles. The number of rotatable bonds is 6. The Morgan fingerprint density at radius 2 is 1.86 bits per heavy atom. The molecule has 0 aliphatic heterocycles. The zero-order valence-corrected chi connectivity index (χ0v) is 12.5. The minimum absolute atomic E-state index is 0.0985. The van der Waals surface area contributed by atoms with Crippen molar-refractivity contribution in [3.05, 3.63) is 59.9 Å². The van der Waals surface area contributed by atoms with Gasteiger partial charge in [0.15, 0.2) is 6.61 Å². The number of hydrogen-bond acceptors (Lipinski definition) is 3. The van der Waals surface area contributed by atoms with Crippen LogP contribution in [0.3, 0.4) is 0 Å². The Balaban J connectivity index is 1.85. The number of halogens is 1. The van der Waals surface area contributed by atoms with Gasteiger partial charge < -0.3 is 14.8 Å². The number of hydrogen-bond donors (Lipinski definition) is 1. The molecule has 0 saturated carbocycles. The minimum Gasteiger partial charge on any atom is -0.497 e. The van der Waals surface area contributed by atoms with E-state index in [9.17, 15) is 9.18 Å². The summed E-state index contributed by atoms with van der Waals surface area (Å²) in [5.74, 6) is 0.671. The molecule has 2 rings (SSSR count). The van der Waals surface area contributed by atoms with Crippen molar-refractivity contribution in [2.45, 2.75) is 13.0 Å². The maximum absolute atomic E-state index is 12.9. The van der Waals surface area contributed by atoms with Crippen LogP contribution >= 0.6 is 0 Å². The molecule has 1 amide bonds. The number of carbonyl (C=O) groups excluding carboxylic acids is 1. The quantitative estimate of drug-likeness (QED) is 0.892. The Bertz CT molecular complexity index is 628. The predicted octanol–water partition coefficient (Wildman–Crippen LogP) is 3.09. The molecular formula is C17H18FNO3. The molecule has 4 nitrogen and oxygen atoms in total. The molecule has 22 heavy (non-hydrogen) atoms. The Hall–Kier alpha value is -2.56. The monoisotopic (exact) mass is 303 g/mol. The van der Waals surface area contributed by atoms with E-state index in [0.717, 1.165) is 5.56 Å². The van der Waals surface area contributed by atoms with Crippen molar-refractivity contribution >= 4 is 5.91 Å². The van der Waals surface area contributed by atoms with Crippen LogP contribution in [0.1, 0.15) is 18.5 Å². The number of methoxy groups -OCH3 is 1. The molecule has 0 bridgehead atoms. The molecule has 0 aliphatic rings. The molecule has 116 valence electrons. The summed E-state index contributed by atoms with van der Waals surface area (Å²) >= 11 is 0. The average Bonchev–Trinajstić information content (AvgIpc) is 2.53. The average molecular weight is 303 g/mol. The van der Waals surface area contributed by atoms with Crippen molar-refractivity contribution in [2.24, 2.45) is 0 Å². The molecule has 0 aliphatic carbocycles. The lowest BCUT2D eigenvalue weighted by molar-refractivity contribution is -0.123. The minimum atomic E-state index is -0.302. The van der Waals surface area contributed by atoms with E-state index in [0.29, 0.717) is 11.5 Å². The Labute approximate surface area is 128 Å². The third-order valence-corrected chi connectivity index (χ3v) is 3.16. The molecule has 2 aromatic rings. The normalized spacial score (nSPS) is 11.6. The molecule has 1 N–H and O–H groups in total. The van der Waals surface area contributed by atoms with Crippen molar-refractivity contribution in [2.75, 3.05) is 13.7 Å². The highest BCUT2D eigenvalue weighted by Crippen LogP contribution is 2.19. The first-order valence-corrected chi connectivity index (χ1v) is 6.90. The van der Waals surface area contributed by atoms with E-state index in [1.54, 1.807) is 43.5 Å². The molecule has 1 atom stereocenters. The van der Waals surface area contributed by atoms with Crippen LogP contribution in [-0.2, 0) is 4.79 Å². The number of benzene rings is 2. The van der Waals surface area contributed by atoms with E-state index in [2.05, 4.69) is 5.32 Å². The summed E-state index contributed by atoms with van der Waals surface area (Å²) < 4.78 is 23.4. The van der Waals surface area contributed by atoms with Gasteiger partial charge in [-0.05, 0) is 36.8 Å². The molecule has 0 aromatic heterocycles. The van der Waals surface area contributed by atoms with E-state index >= 15 is 0 Å². The van der Waals surface area contributed by atoms with Gasteiger partial charge in [0.05, 0.1) is 13.2 Å². The standard InChI is InChI=1S/C17H18FNO3/c1-12(13-6-8-14(18)9-7-13)19-17(20)11-22-16-5-3-4-15(10-16)21-2/h3-10,12H,11H2,1-2H3,(H,19,20)/t12-/m1/s1. The first-order valence-electron chi connectivity index (χ1n) is 6.90. The number of ether oxygens (including phenoxy) is 2. The molecule has 2 aromatic carbocycles. The number of amides is 1. The van der Waals surface area contributed by atoms with E-state index < -0.39 is 0 Å². The maximum Gasteiger partial charge on any atom is 0.258 e. The van der Waals surface area contributed by atoms with Crippen LogP contribution < -0.4 is 14.8 Å². The van der Waals surface area contributed by atoms with Gasteiger partial charge in [0.2, 0.25) is 0 Å². The van der Waals surface area contributed by atoms with Crippen molar-refractivity contribution in [1.29, 1.82) is 0 Å². The summed E-state index contributed by atoms with van der Waals surface area (Å²) in [4.78, 5) is 11.9. The van der Waals surface area contributed by atoms with Gasteiger partial charge in [-0.3, -0.25) is 4.79 Å². The third-order valence-electron chi connectivity index (χ3n) is 3.16. The second kappa shape index (κ2) is 7.45. The lowest BCUT2D eigenvalue weighted by atomic mass is 10.1. The maximum atomic E-state index is 12.9. The van der Waals surface area contributed by atoms with E-state index in [1.807, 2.05) is 6.92 Å². The van der Waals surface area contributed by atoms with Gasteiger partial charge in [-0.2, -0.15) is 0 Å². The zero-order chi connectivity index (χ0) is 15.9. The van der Waals surface area contributed by atoms with E-state index in [1.165, 1.54) is 12.1 Å². The molecule has 0 spiro atoms. The summed E-state index contributed by atoms with van der Waals surface area (Å²) in [5, 5.41) is 2.80. The SMILES string of the molecule is COc1cccc(OCC(=O)N[C@H](C)c2ccc(F)cc2)c1. The lowest BCUT2D eigenvalue weighted by Crippen LogP contribution is -2.31. The van der Waals surface area contributed by atoms with Gasteiger partial charge >= 0.3 is 0 Å². The summed E-state index contributed by atoms with van der Waals surface area (Å²) in [6.07, 6.45) is 0. The Kier molecular flexibility index (Phi) is 5.36. The van der Waals surface area contributed by atoms with Crippen molar-refractivity contribution < 1.29 is 18.7 Å². The topological polar surface area (TPSA) is 47.6 Å². The molecule has 0 saturated heterocycles. The van der Waals surface area contributed by atoms with Gasteiger partial charge in [-0.15, -0.1) is 0 Å². The summed E-state index contributed by atoms with van der Waals surface area (Å²) in [6, 6.07) is 12.8. The van der Waals surface area contributed by atoms with Crippen LogP contribution in [0.4, 0.5) is 4.39 Å². The summed E-state index contributed by atoms with van der Waals surface area (Å²) in [7, 11) is 1.57. The molecule has 0 unspecified atom stereocenters. The largest absolute Gasteiger partial charge is 0.497 e. The highest BCUT2D eigenvalue weighted by Gasteiger charge is 2.10. The first-order chi connectivity index (χ1) is 10.6. The van der Waals surface area contributed by atoms with E-state index in [-0.39, 0.29) is 24.4 Å². The van der Waals surface area contributed by atoms with Gasteiger partial charge in [0, 0.05) is 6.07 Å². The second-order valence-corrected chi connectivity index (χ2v) is 4.81. The number of nitrogens with one attached hydrogen (secondary N) is 1. The fourth-order valence-electron chi connectivity index (χ4n) is 1.96. The van der Waals surface area contributed by atoms with Crippen LogP contribution in [0.2, 0.25) is 0 Å². The van der Waals surface area contributed by atoms with E-state index in [4.69, 9.17) is 9.47 Å². The summed E-state index contributed by atoms with van der Waals surface area (Å²) in [5.41, 5.74) is 0.830. The van der Waals surface area contributed by atoms with Crippen molar-refractivity contribution in [3.63, 3.8) is 0 Å². The molecule has 0 fully saturated rings. The number of carbonyl (C=O) groups is 1. The lowest BCUT2D eigenvalue weighted by Gasteiger charge is -2.15. The van der Waals surface area contributed by atoms with Crippen LogP contribution in [0.25, 0.3) is 0 Å². The van der Waals surface area contributed by atoms with Crippen LogP contribution in [0, 0.1) is 5.82 Å². The van der Waals surface area contributed by atoms with Gasteiger partial charge in [0.1, 0.15) is 17.3 Å². The molecule has 0 radical (unpaired) electrons.